The summed E-state index contributed by atoms with van der Waals surface area (Å²) in [5.41, 5.74) is 0.147. The van der Waals surface area contributed by atoms with E-state index < -0.39 is 63.3 Å². The molecule has 0 aliphatic rings. The average molecular weight is 947 g/mol. The van der Waals surface area contributed by atoms with Crippen LogP contribution in [0.1, 0.15) is 31.8 Å². The van der Waals surface area contributed by atoms with Crippen molar-refractivity contribution in [3.05, 3.63) is 111 Å². The zero-order valence-corrected chi connectivity index (χ0v) is 34.7. The number of carboxylic acid groups (broad SMARTS) is 2. The number of aryl methyl sites for hydroxylation is 1. The molecule has 0 radical (unpaired) electrons. The average Bonchev–Trinajstić information content (AvgIpc) is 3.62. The zero-order chi connectivity index (χ0) is 45.7. The lowest BCUT2D eigenvalue weighted by molar-refractivity contribution is -0.140. The number of carboxylic acids is 2. The smallest absolute Gasteiger partial charge is 0.417 e. The van der Waals surface area contributed by atoms with Crippen molar-refractivity contribution >= 4 is 90.2 Å². The van der Waals surface area contributed by atoms with Crippen LogP contribution in [0.15, 0.2) is 78.1 Å². The fraction of sp³-hybridized carbons (Fsp3) is 0.162. The van der Waals surface area contributed by atoms with Crippen LogP contribution in [0.3, 0.4) is 0 Å². The van der Waals surface area contributed by atoms with Gasteiger partial charge in [-0.15, -0.1) is 5.10 Å². The number of hydrogen-bond acceptors (Lipinski definition) is 12. The summed E-state index contributed by atoms with van der Waals surface area (Å²) >= 11 is 17.3. The molecule has 16 nitrogen and oxygen atoms in total. The number of ether oxygens (including phenoxy) is 3. The largest absolute Gasteiger partial charge is 0.491 e. The third-order valence-corrected chi connectivity index (χ3v) is 10.2. The number of nitrogens with one attached hydrogen (secondary N) is 1. The Kier molecular flexibility index (Phi) is 14.4. The van der Waals surface area contributed by atoms with Gasteiger partial charge in [-0.2, -0.15) is 27.7 Å². The van der Waals surface area contributed by atoms with Crippen molar-refractivity contribution < 1.29 is 64.4 Å². The van der Waals surface area contributed by atoms with Gasteiger partial charge in [0.25, 0.3) is 22.4 Å². The summed E-state index contributed by atoms with van der Waals surface area (Å²) in [5, 5.41) is 24.1. The third-order valence-electron chi connectivity index (χ3n) is 7.98. The maximum Gasteiger partial charge on any atom is 0.417 e. The minimum absolute atomic E-state index is 0.00540. The predicted molar refractivity (Wildman–Crippen MR) is 215 cm³/mol. The minimum Gasteiger partial charge on any atom is -0.491 e. The van der Waals surface area contributed by atoms with Crippen LogP contribution in [0.4, 0.5) is 27.9 Å². The third kappa shape index (κ3) is 10.6. The molecule has 3 aromatic carbocycles. The molecule has 25 heteroatoms. The fourth-order valence-electron chi connectivity index (χ4n) is 5.46. The van der Waals surface area contributed by atoms with Crippen LogP contribution in [0.2, 0.25) is 15.1 Å². The number of alkyl halides is 5. The molecule has 0 aliphatic carbocycles. The number of nitrogens with zero attached hydrogens (tertiary/aromatic N) is 6. The maximum absolute atomic E-state index is 13.5. The molecule has 0 saturated carbocycles. The van der Waals surface area contributed by atoms with E-state index in [1.165, 1.54) is 32.7 Å². The van der Waals surface area contributed by atoms with E-state index in [1.54, 1.807) is 35.2 Å². The number of methoxy groups -OCH3 is 2. The normalized spacial score (nSPS) is 11.4. The van der Waals surface area contributed by atoms with Gasteiger partial charge >= 0.3 is 24.1 Å². The summed E-state index contributed by atoms with van der Waals surface area (Å²) in [5.74, 6) is -3.68. The number of sulfonamides is 1. The molecule has 0 fully saturated rings. The van der Waals surface area contributed by atoms with Gasteiger partial charge < -0.3 is 24.4 Å². The first-order valence-corrected chi connectivity index (χ1v) is 19.5. The van der Waals surface area contributed by atoms with E-state index in [4.69, 9.17) is 54.5 Å². The Morgan fingerprint density at radius 1 is 0.839 bits per heavy atom. The predicted octanol–water partition coefficient (Wildman–Crippen LogP) is 8.74. The second-order valence-corrected chi connectivity index (χ2v) is 15.1. The van der Waals surface area contributed by atoms with Crippen LogP contribution in [0.5, 0.6) is 17.5 Å². The molecule has 0 bridgehead atoms. The first kappa shape index (κ1) is 46.7. The minimum atomic E-state index is -5.14. The SMILES string of the molecule is COc1cnc(OC)n2nc(NS(=O)(=O)c3c(OCC(F)F)cccc3C(F)(F)F)nc12.Cc1cnc2c(C(=O)O)c(Cl)ccc2c1.O=C(O)c1c(Cl)ccc2cc(Cl)cnc12. The van der Waals surface area contributed by atoms with Gasteiger partial charge in [0.15, 0.2) is 5.75 Å². The van der Waals surface area contributed by atoms with E-state index in [2.05, 4.69) is 29.8 Å². The summed E-state index contributed by atoms with van der Waals surface area (Å²) in [7, 11) is -2.56. The number of benzene rings is 3. The molecule has 7 rings (SSSR count). The number of aromatic carboxylic acids is 2. The Bertz CT molecular complexity index is 2800. The van der Waals surface area contributed by atoms with Crippen molar-refractivity contribution in [3.63, 3.8) is 0 Å². The first-order valence-electron chi connectivity index (χ1n) is 16.9. The van der Waals surface area contributed by atoms with Crippen LogP contribution in [-0.2, 0) is 16.2 Å². The highest BCUT2D eigenvalue weighted by Gasteiger charge is 2.40. The molecule has 0 spiro atoms. The number of halogens is 8. The first-order chi connectivity index (χ1) is 29.2. The molecule has 326 valence electrons. The molecular weight excluding hydrogens is 920 g/mol. The van der Waals surface area contributed by atoms with Gasteiger partial charge in [-0.1, -0.05) is 53.0 Å². The number of hydrogen-bond donors (Lipinski definition) is 3. The lowest BCUT2D eigenvalue weighted by Gasteiger charge is -2.17. The van der Waals surface area contributed by atoms with Crippen LogP contribution in [0.25, 0.3) is 27.5 Å². The van der Waals surface area contributed by atoms with E-state index in [-0.39, 0.29) is 38.6 Å². The molecule has 4 aromatic heterocycles. The fourth-order valence-corrected chi connectivity index (χ4v) is 7.38. The van der Waals surface area contributed by atoms with Gasteiger partial charge in [0.1, 0.15) is 28.4 Å². The standard InChI is InChI=1S/C16H14F5N5O5S.C11H8ClNO2.C10H5Cl2NO2/c1-29-10-6-22-15(30-2)26-13(10)23-14(24-26)25-32(27,28)12-8(16(19,20)21)4-3-5-9(12)31-7-11(17)18;1-6-4-7-2-3-8(12)9(11(14)15)10(7)13-5-6;11-6-3-5-1-2-7(12)8(10(14)15)9(5)13-4-6/h3-6,11H,7H2,1-2H3,(H,24,25);2-5H,1H3,(H,14,15);1-4H,(H,14,15). The Balaban J connectivity index is 0.000000200. The molecule has 4 heterocycles. The summed E-state index contributed by atoms with van der Waals surface area (Å²) in [6.07, 6.45) is -3.97. The maximum atomic E-state index is 13.5. The zero-order valence-electron chi connectivity index (χ0n) is 31.6. The molecule has 3 N–H and O–H groups in total. The van der Waals surface area contributed by atoms with E-state index in [1.807, 2.05) is 13.0 Å². The Morgan fingerprint density at radius 2 is 1.44 bits per heavy atom. The number of anilines is 1. The Hall–Kier alpha value is -6.36. The van der Waals surface area contributed by atoms with E-state index in [0.717, 1.165) is 27.6 Å². The molecule has 0 unspecified atom stereocenters. The number of aromatic nitrogens is 6. The molecule has 7 aromatic rings. The number of rotatable bonds is 10. The number of carbonyl (C=O) groups is 2. The number of pyridine rings is 2. The van der Waals surface area contributed by atoms with Crippen LogP contribution >= 0.6 is 34.8 Å². The summed E-state index contributed by atoms with van der Waals surface area (Å²) in [4.78, 5) is 36.4. The lowest BCUT2D eigenvalue weighted by atomic mass is 10.1. The van der Waals surface area contributed by atoms with E-state index >= 15 is 0 Å². The van der Waals surface area contributed by atoms with Gasteiger partial charge in [-0.3, -0.25) is 9.97 Å². The topological polar surface area (TPSA) is 217 Å². The van der Waals surface area contributed by atoms with Crippen LogP contribution in [0, 0.1) is 6.92 Å². The highest BCUT2D eigenvalue weighted by molar-refractivity contribution is 7.92. The van der Waals surface area contributed by atoms with Gasteiger partial charge in [0, 0.05) is 23.2 Å². The van der Waals surface area contributed by atoms with E-state index in [0.29, 0.717) is 27.5 Å². The summed E-state index contributed by atoms with van der Waals surface area (Å²) in [6.45, 7) is 0.581. The summed E-state index contributed by atoms with van der Waals surface area (Å²) < 4.78 is 109. The highest BCUT2D eigenvalue weighted by atomic mass is 35.5. The quantitative estimate of drug-likeness (QED) is 0.109. The van der Waals surface area contributed by atoms with Gasteiger partial charge in [-0.25, -0.2) is 31.5 Å². The van der Waals surface area contributed by atoms with E-state index in [9.17, 15) is 40.0 Å². The van der Waals surface area contributed by atoms with Crippen molar-refractivity contribution in [3.8, 4) is 17.5 Å². The van der Waals surface area contributed by atoms with Crippen molar-refractivity contribution in [2.24, 2.45) is 0 Å². The lowest BCUT2D eigenvalue weighted by Crippen LogP contribution is -2.21. The van der Waals surface area contributed by atoms with Crippen LogP contribution < -0.4 is 18.9 Å². The van der Waals surface area contributed by atoms with Crippen molar-refractivity contribution in [1.82, 2.24) is 29.5 Å². The van der Waals surface area contributed by atoms with Crippen molar-refractivity contribution in [2.45, 2.75) is 24.4 Å². The monoisotopic (exact) mass is 945 g/mol. The van der Waals surface area contributed by atoms with Gasteiger partial charge in [-0.05, 0) is 48.9 Å². The second-order valence-electron chi connectivity index (χ2n) is 12.2. The number of fused-ring (bicyclic) bond motifs is 3. The van der Waals surface area contributed by atoms with Crippen LogP contribution in [-0.4, -0.2) is 87.4 Å². The van der Waals surface area contributed by atoms with Crippen molar-refractivity contribution in [2.75, 3.05) is 25.5 Å². The molecule has 62 heavy (non-hydrogen) atoms. The van der Waals surface area contributed by atoms with Crippen molar-refractivity contribution in [1.29, 1.82) is 0 Å². The summed E-state index contributed by atoms with van der Waals surface area (Å²) in [6, 6.07) is 12.1. The Morgan fingerprint density at radius 3 is 1.98 bits per heavy atom. The molecule has 0 saturated heterocycles. The molecule has 0 aliphatic heterocycles. The molecular formula is C37H27Cl3F5N7O9S. The van der Waals surface area contributed by atoms with Gasteiger partial charge in [0.2, 0.25) is 5.65 Å². The molecule has 0 atom stereocenters. The highest BCUT2D eigenvalue weighted by Crippen LogP contribution is 2.40. The molecule has 0 amide bonds. The van der Waals surface area contributed by atoms with Gasteiger partial charge in [0.05, 0.1) is 52.1 Å². The second kappa shape index (κ2) is 19.1. The Labute approximate surface area is 360 Å².